The summed E-state index contributed by atoms with van der Waals surface area (Å²) in [7, 11) is 0. The van der Waals surface area contributed by atoms with E-state index in [2.05, 4.69) is 0 Å². The van der Waals surface area contributed by atoms with Crippen molar-refractivity contribution < 1.29 is 13.2 Å². The zero-order chi connectivity index (χ0) is 15.1. The number of halogens is 7. The van der Waals surface area contributed by atoms with Crippen LogP contribution in [0.3, 0.4) is 0 Å². The van der Waals surface area contributed by atoms with Gasteiger partial charge in [0.15, 0.2) is 0 Å². The smallest absolute Gasteiger partial charge is 0.166 e. The Kier molecular flexibility index (Phi) is 4.45. The first-order valence-corrected chi connectivity index (χ1v) is 6.73. The number of rotatable bonds is 1. The van der Waals surface area contributed by atoms with Crippen molar-refractivity contribution in [2.75, 3.05) is 0 Å². The normalized spacial score (nSPS) is 11.8. The van der Waals surface area contributed by atoms with Gasteiger partial charge in [0.2, 0.25) is 0 Å². The van der Waals surface area contributed by atoms with Crippen LogP contribution >= 0.6 is 46.4 Å². The fourth-order valence-electron chi connectivity index (χ4n) is 1.64. The van der Waals surface area contributed by atoms with Gasteiger partial charge in [-0.25, -0.2) is 0 Å². The highest BCUT2D eigenvalue weighted by Gasteiger charge is 2.31. The van der Waals surface area contributed by atoms with Crippen LogP contribution in [0.1, 0.15) is 5.56 Å². The zero-order valence-electron chi connectivity index (χ0n) is 9.53. The molecule has 0 amide bonds. The van der Waals surface area contributed by atoms with Crippen LogP contribution in [0.4, 0.5) is 13.2 Å². The quantitative estimate of drug-likeness (QED) is 0.481. The molecule has 0 nitrogen and oxygen atoms in total. The maximum Gasteiger partial charge on any atom is 0.416 e. The summed E-state index contributed by atoms with van der Waals surface area (Å²) < 4.78 is 38.2. The van der Waals surface area contributed by atoms with Gasteiger partial charge in [-0.3, -0.25) is 0 Å². The van der Waals surface area contributed by atoms with E-state index in [1.165, 1.54) is 18.2 Å². The second kappa shape index (κ2) is 5.64. The summed E-state index contributed by atoms with van der Waals surface area (Å²) in [6, 6.07) is 5.73. The van der Waals surface area contributed by atoms with Gasteiger partial charge in [-0.15, -0.1) is 0 Å². The van der Waals surface area contributed by atoms with Crippen LogP contribution in [0, 0.1) is 0 Å². The van der Waals surface area contributed by atoms with Gasteiger partial charge < -0.3 is 0 Å². The Morgan fingerprint density at radius 3 is 1.80 bits per heavy atom. The molecule has 0 bridgehead atoms. The van der Waals surface area contributed by atoms with Crippen LogP contribution in [0.15, 0.2) is 30.3 Å². The first kappa shape index (κ1) is 15.8. The summed E-state index contributed by atoms with van der Waals surface area (Å²) in [5.74, 6) is 0. The third-order valence-electron chi connectivity index (χ3n) is 2.59. The SMILES string of the molecule is FC(F)(F)c1ccc(Cl)c(-c2cc(Cl)c(Cl)cc2Cl)c1. The minimum absolute atomic E-state index is 0.137. The number of hydrogen-bond donors (Lipinski definition) is 0. The first-order chi connectivity index (χ1) is 9.20. The molecule has 106 valence electrons. The highest BCUT2D eigenvalue weighted by Crippen LogP contribution is 2.40. The standard InChI is InChI=1S/C13H5Cl4F3/c14-9-2-1-6(13(18,19)20)3-7(9)8-4-11(16)12(17)5-10(8)15/h1-5H. The van der Waals surface area contributed by atoms with Crippen molar-refractivity contribution in [3.63, 3.8) is 0 Å². The van der Waals surface area contributed by atoms with Crippen LogP contribution in [-0.2, 0) is 6.18 Å². The lowest BCUT2D eigenvalue weighted by Crippen LogP contribution is -2.04. The molecule has 0 saturated heterocycles. The molecule has 0 heterocycles. The molecule has 0 aliphatic carbocycles. The second-order valence-electron chi connectivity index (χ2n) is 3.94. The largest absolute Gasteiger partial charge is 0.416 e. The van der Waals surface area contributed by atoms with Gasteiger partial charge in [0.25, 0.3) is 0 Å². The van der Waals surface area contributed by atoms with E-state index in [0.717, 1.165) is 12.1 Å². The highest BCUT2D eigenvalue weighted by molar-refractivity contribution is 6.44. The van der Waals surface area contributed by atoms with Crippen molar-refractivity contribution in [3.8, 4) is 11.1 Å². The molecule has 0 aliphatic rings. The lowest BCUT2D eigenvalue weighted by atomic mass is 10.0. The Morgan fingerprint density at radius 1 is 0.650 bits per heavy atom. The maximum absolute atomic E-state index is 12.7. The van der Waals surface area contributed by atoms with Crippen LogP contribution in [0.2, 0.25) is 20.1 Å². The molecule has 2 rings (SSSR count). The van der Waals surface area contributed by atoms with Crippen LogP contribution < -0.4 is 0 Å². The van der Waals surface area contributed by atoms with Crippen molar-refractivity contribution in [1.82, 2.24) is 0 Å². The lowest BCUT2D eigenvalue weighted by Gasteiger charge is -2.12. The van der Waals surface area contributed by atoms with Crippen LogP contribution in [0.5, 0.6) is 0 Å². The summed E-state index contributed by atoms with van der Waals surface area (Å²) >= 11 is 23.6. The van der Waals surface area contributed by atoms with Gasteiger partial charge in [-0.2, -0.15) is 13.2 Å². The predicted octanol–water partition coefficient (Wildman–Crippen LogP) is 6.99. The minimum Gasteiger partial charge on any atom is -0.166 e. The van der Waals surface area contributed by atoms with Crippen molar-refractivity contribution in [1.29, 1.82) is 0 Å². The van der Waals surface area contributed by atoms with Crippen molar-refractivity contribution >= 4 is 46.4 Å². The summed E-state index contributed by atoms with van der Waals surface area (Å²) in [6.45, 7) is 0. The molecular weight excluding hydrogens is 355 g/mol. The second-order valence-corrected chi connectivity index (χ2v) is 5.57. The van der Waals surface area contributed by atoms with E-state index < -0.39 is 11.7 Å². The molecular formula is C13H5Cl4F3. The molecule has 0 aromatic heterocycles. The summed E-state index contributed by atoms with van der Waals surface area (Å²) in [4.78, 5) is 0. The van der Waals surface area contributed by atoms with Gasteiger partial charge in [0.1, 0.15) is 0 Å². The lowest BCUT2D eigenvalue weighted by molar-refractivity contribution is -0.137. The van der Waals surface area contributed by atoms with E-state index in [0.29, 0.717) is 0 Å². The van der Waals surface area contributed by atoms with Crippen LogP contribution in [-0.4, -0.2) is 0 Å². The third kappa shape index (κ3) is 3.17. The van der Waals surface area contributed by atoms with Crippen LogP contribution in [0.25, 0.3) is 11.1 Å². The molecule has 0 saturated carbocycles. The summed E-state index contributed by atoms with van der Waals surface area (Å²) in [5, 5.41) is 0.696. The fourth-order valence-corrected chi connectivity index (χ4v) is 2.50. The molecule has 0 atom stereocenters. The highest BCUT2D eigenvalue weighted by atomic mass is 35.5. The topological polar surface area (TPSA) is 0 Å². The Hall–Kier alpha value is -0.610. The van der Waals surface area contributed by atoms with E-state index in [1.54, 1.807) is 0 Å². The number of benzene rings is 2. The predicted molar refractivity (Wildman–Crippen MR) is 76.9 cm³/mol. The van der Waals surface area contributed by atoms with Gasteiger partial charge in [-0.05, 0) is 30.3 Å². The van der Waals surface area contributed by atoms with Gasteiger partial charge in [0, 0.05) is 16.1 Å². The number of alkyl halides is 3. The van der Waals surface area contributed by atoms with Crippen molar-refractivity contribution in [2.24, 2.45) is 0 Å². The Morgan fingerprint density at radius 2 is 1.20 bits per heavy atom. The molecule has 0 spiro atoms. The van der Waals surface area contributed by atoms with Crippen molar-refractivity contribution in [3.05, 3.63) is 56.0 Å². The molecule has 0 aliphatic heterocycles. The zero-order valence-corrected chi connectivity index (χ0v) is 12.6. The van der Waals surface area contributed by atoms with E-state index >= 15 is 0 Å². The van der Waals surface area contributed by atoms with E-state index in [4.69, 9.17) is 46.4 Å². The van der Waals surface area contributed by atoms with Gasteiger partial charge >= 0.3 is 6.18 Å². The Balaban J connectivity index is 2.66. The molecule has 0 fully saturated rings. The fraction of sp³-hybridized carbons (Fsp3) is 0.0769. The minimum atomic E-state index is -4.47. The molecule has 7 heteroatoms. The molecule has 2 aromatic rings. The first-order valence-electron chi connectivity index (χ1n) is 5.22. The Bertz CT molecular complexity index is 665. The molecule has 0 radical (unpaired) electrons. The molecule has 0 unspecified atom stereocenters. The van der Waals surface area contributed by atoms with E-state index in [1.807, 2.05) is 0 Å². The summed E-state index contributed by atoms with van der Waals surface area (Å²) in [5.41, 5.74) is -0.388. The van der Waals surface area contributed by atoms with Gasteiger partial charge in [0.05, 0.1) is 20.6 Å². The molecule has 0 N–H and O–H groups in total. The summed E-state index contributed by atoms with van der Waals surface area (Å²) in [6.07, 6.45) is -4.47. The molecule has 20 heavy (non-hydrogen) atoms. The van der Waals surface area contributed by atoms with Gasteiger partial charge in [-0.1, -0.05) is 46.4 Å². The third-order valence-corrected chi connectivity index (χ3v) is 3.96. The Labute approximate surface area is 133 Å². The maximum atomic E-state index is 12.7. The average Bonchev–Trinajstić information content (AvgIpc) is 2.33. The van der Waals surface area contributed by atoms with E-state index in [-0.39, 0.29) is 31.2 Å². The number of hydrogen-bond acceptors (Lipinski definition) is 0. The van der Waals surface area contributed by atoms with E-state index in [9.17, 15) is 13.2 Å². The van der Waals surface area contributed by atoms with Crippen molar-refractivity contribution in [2.45, 2.75) is 6.18 Å². The molecule has 2 aromatic carbocycles. The average molecular weight is 360 g/mol. The monoisotopic (exact) mass is 358 g/mol.